The van der Waals surface area contributed by atoms with Crippen LogP contribution in [0.2, 0.25) is 0 Å². The lowest BCUT2D eigenvalue weighted by Crippen LogP contribution is -2.13. The highest BCUT2D eigenvalue weighted by Gasteiger charge is 2.16. The Balaban J connectivity index is 2.15. The molecule has 0 fully saturated rings. The minimum Gasteiger partial charge on any atom is -0.308 e. The lowest BCUT2D eigenvalue weighted by Gasteiger charge is -2.18. The van der Waals surface area contributed by atoms with Gasteiger partial charge in [-0.2, -0.15) is 0 Å². The number of pyridine rings is 3. The van der Waals surface area contributed by atoms with Gasteiger partial charge in [0.1, 0.15) is 0 Å². The van der Waals surface area contributed by atoms with Crippen molar-refractivity contribution in [2.45, 2.75) is 6.92 Å². The van der Waals surface area contributed by atoms with Crippen LogP contribution in [0, 0.1) is 6.92 Å². The molecule has 0 atom stereocenters. The van der Waals surface area contributed by atoms with Crippen molar-refractivity contribution in [2.75, 3.05) is 0 Å². The van der Waals surface area contributed by atoms with E-state index < -0.39 is 0 Å². The van der Waals surface area contributed by atoms with Crippen molar-refractivity contribution < 1.29 is 0 Å². The van der Waals surface area contributed by atoms with E-state index in [0.29, 0.717) is 0 Å². The standard InChI is InChI=1S/C24H15NO/c1-13-9-18-14(2)11-20-16-7-3-5-15-6-4-8-17(23(15)16)21-12-22(26)19(10-13)24(18)25(20)21/h3-12H,2H2,1H3. The summed E-state index contributed by atoms with van der Waals surface area (Å²) < 4.78 is 2.25. The highest BCUT2D eigenvalue weighted by molar-refractivity contribution is 6.22. The summed E-state index contributed by atoms with van der Waals surface area (Å²) in [6.07, 6.45) is 0. The zero-order valence-electron chi connectivity index (χ0n) is 14.3. The molecule has 2 heteroatoms. The summed E-state index contributed by atoms with van der Waals surface area (Å²) in [6, 6.07) is 20.8. The molecule has 0 aliphatic carbocycles. The highest BCUT2D eigenvalue weighted by Crippen LogP contribution is 2.35. The molecule has 6 aromatic rings. The molecule has 6 rings (SSSR count). The lowest BCUT2D eigenvalue weighted by molar-refractivity contribution is 1.30. The fourth-order valence-corrected chi connectivity index (χ4v) is 4.56. The van der Waals surface area contributed by atoms with E-state index >= 15 is 0 Å². The largest absolute Gasteiger partial charge is 0.308 e. The van der Waals surface area contributed by atoms with E-state index in [-0.39, 0.29) is 5.43 Å². The molecule has 2 nitrogen and oxygen atoms in total. The maximum atomic E-state index is 13.0. The number of nitrogens with zero attached hydrogens (tertiary/aromatic N) is 1. The maximum absolute atomic E-state index is 13.0. The van der Waals surface area contributed by atoms with E-state index in [1.165, 1.54) is 16.2 Å². The third-order valence-electron chi connectivity index (χ3n) is 5.61. The Hall–Kier alpha value is -3.39. The molecule has 0 amide bonds. The monoisotopic (exact) mass is 333 g/mol. The van der Waals surface area contributed by atoms with Crippen LogP contribution in [0.4, 0.5) is 0 Å². The SMILES string of the molecule is C=c1cc2c3cccc4cccc(c43)c3cc(=O)c4cc(C)cc1c4n23. The fraction of sp³-hybridized carbons (Fsp3) is 0.0417. The average Bonchev–Trinajstić information content (AvgIpc) is 2.64. The smallest absolute Gasteiger partial charge is 0.190 e. The number of benzene rings is 3. The molecule has 0 radical (unpaired) electrons. The molecule has 0 aliphatic rings. The van der Waals surface area contributed by atoms with E-state index in [0.717, 1.165) is 43.5 Å². The van der Waals surface area contributed by atoms with Crippen LogP contribution in [0.5, 0.6) is 0 Å². The van der Waals surface area contributed by atoms with Crippen LogP contribution < -0.4 is 10.6 Å². The topological polar surface area (TPSA) is 21.5 Å². The van der Waals surface area contributed by atoms with Gasteiger partial charge >= 0.3 is 0 Å². The van der Waals surface area contributed by atoms with Crippen molar-refractivity contribution in [1.82, 2.24) is 4.40 Å². The van der Waals surface area contributed by atoms with Crippen molar-refractivity contribution in [3.8, 4) is 0 Å². The summed E-state index contributed by atoms with van der Waals surface area (Å²) in [5.74, 6) is 0. The highest BCUT2D eigenvalue weighted by atomic mass is 16.1. The second-order valence-electron chi connectivity index (χ2n) is 7.20. The molecular formula is C24H15NO. The van der Waals surface area contributed by atoms with Gasteiger partial charge in [0.05, 0.1) is 16.6 Å². The Labute approximate surface area is 148 Å². The Morgan fingerprint density at radius 2 is 1.46 bits per heavy atom. The molecule has 26 heavy (non-hydrogen) atoms. The van der Waals surface area contributed by atoms with Gasteiger partial charge in [-0.05, 0) is 41.3 Å². The molecule has 0 unspecified atom stereocenters. The molecule has 3 aromatic heterocycles. The van der Waals surface area contributed by atoms with E-state index in [9.17, 15) is 4.79 Å². The summed E-state index contributed by atoms with van der Waals surface area (Å²) in [5.41, 5.74) is 4.21. The van der Waals surface area contributed by atoms with E-state index in [1.54, 1.807) is 6.07 Å². The van der Waals surface area contributed by atoms with Gasteiger partial charge in [0.25, 0.3) is 0 Å². The second-order valence-corrected chi connectivity index (χ2v) is 7.20. The normalized spacial score (nSPS) is 12.3. The van der Waals surface area contributed by atoms with Crippen molar-refractivity contribution in [1.29, 1.82) is 0 Å². The summed E-state index contributed by atoms with van der Waals surface area (Å²) >= 11 is 0. The van der Waals surface area contributed by atoms with Gasteiger partial charge in [-0.15, -0.1) is 0 Å². The van der Waals surface area contributed by atoms with Gasteiger partial charge in [-0.25, -0.2) is 0 Å². The number of aryl methyl sites for hydroxylation is 1. The van der Waals surface area contributed by atoms with Crippen LogP contribution in [0.15, 0.2) is 65.5 Å². The van der Waals surface area contributed by atoms with Gasteiger partial charge < -0.3 is 4.40 Å². The summed E-state index contributed by atoms with van der Waals surface area (Å²) in [4.78, 5) is 13.0. The van der Waals surface area contributed by atoms with Crippen molar-refractivity contribution in [3.05, 3.63) is 81.7 Å². The summed E-state index contributed by atoms with van der Waals surface area (Å²) in [7, 11) is 0. The van der Waals surface area contributed by atoms with Crippen molar-refractivity contribution >= 4 is 55.4 Å². The Kier molecular flexibility index (Phi) is 2.35. The number of fused-ring (bicyclic) bond motifs is 2. The van der Waals surface area contributed by atoms with Crippen molar-refractivity contribution in [3.63, 3.8) is 0 Å². The van der Waals surface area contributed by atoms with Gasteiger partial charge in [-0.1, -0.05) is 43.0 Å². The molecule has 0 aliphatic heterocycles. The minimum absolute atomic E-state index is 0.0710. The predicted octanol–water partition coefficient (Wildman–Crippen LogP) is 4.79. The van der Waals surface area contributed by atoms with E-state index in [4.69, 9.17) is 0 Å². The quantitative estimate of drug-likeness (QED) is 0.289. The molecule has 0 spiro atoms. The lowest BCUT2D eigenvalue weighted by atomic mass is 9.96. The summed E-state index contributed by atoms with van der Waals surface area (Å²) in [6.45, 7) is 6.32. The molecule has 122 valence electrons. The molecule has 3 aromatic carbocycles. The van der Waals surface area contributed by atoms with Gasteiger partial charge in [0.15, 0.2) is 5.43 Å². The van der Waals surface area contributed by atoms with Crippen LogP contribution >= 0.6 is 0 Å². The minimum atomic E-state index is 0.0710. The van der Waals surface area contributed by atoms with Gasteiger partial charge in [-0.3, -0.25) is 4.79 Å². The number of rotatable bonds is 0. The fourth-order valence-electron chi connectivity index (χ4n) is 4.56. The van der Waals surface area contributed by atoms with Gasteiger partial charge in [0, 0.05) is 33.0 Å². The Morgan fingerprint density at radius 3 is 2.19 bits per heavy atom. The molecule has 0 N–H and O–H groups in total. The van der Waals surface area contributed by atoms with Crippen molar-refractivity contribution in [2.24, 2.45) is 0 Å². The third kappa shape index (κ3) is 1.50. The molecule has 0 saturated carbocycles. The first-order valence-electron chi connectivity index (χ1n) is 8.78. The first-order chi connectivity index (χ1) is 12.6. The first kappa shape index (κ1) is 13.9. The van der Waals surface area contributed by atoms with Crippen LogP contribution in [0.3, 0.4) is 0 Å². The number of hydrogen-bond donors (Lipinski definition) is 0. The Morgan fingerprint density at radius 1 is 0.808 bits per heavy atom. The molecular weight excluding hydrogens is 318 g/mol. The summed E-state index contributed by atoms with van der Waals surface area (Å²) in [5, 5.41) is 7.50. The zero-order chi connectivity index (χ0) is 17.6. The van der Waals surface area contributed by atoms with E-state index in [2.05, 4.69) is 59.5 Å². The van der Waals surface area contributed by atoms with Gasteiger partial charge in [0.2, 0.25) is 0 Å². The molecule has 3 heterocycles. The second kappa shape index (κ2) is 4.41. The number of aromatic nitrogens is 1. The van der Waals surface area contributed by atoms with Crippen LogP contribution in [-0.4, -0.2) is 4.40 Å². The van der Waals surface area contributed by atoms with E-state index in [1.807, 2.05) is 13.0 Å². The average molecular weight is 333 g/mol. The van der Waals surface area contributed by atoms with Crippen LogP contribution in [0.25, 0.3) is 55.4 Å². The maximum Gasteiger partial charge on any atom is 0.190 e. The van der Waals surface area contributed by atoms with Crippen LogP contribution in [-0.2, 0) is 0 Å². The number of hydrogen-bond acceptors (Lipinski definition) is 1. The Bertz CT molecular complexity index is 1510. The van der Waals surface area contributed by atoms with Crippen LogP contribution in [0.1, 0.15) is 5.56 Å². The zero-order valence-corrected chi connectivity index (χ0v) is 14.3. The molecule has 0 bridgehead atoms. The molecule has 0 saturated heterocycles. The first-order valence-corrected chi connectivity index (χ1v) is 8.78. The third-order valence-corrected chi connectivity index (χ3v) is 5.61. The predicted molar refractivity (Wildman–Crippen MR) is 110 cm³/mol.